The molecule has 5 heteroatoms. The second-order valence-electron chi connectivity index (χ2n) is 7.35. The number of carbonyl (C=O) groups excluding carboxylic acids is 2. The molecule has 1 aliphatic heterocycles. The summed E-state index contributed by atoms with van der Waals surface area (Å²) in [6.07, 6.45) is 2.00. The SMILES string of the molecule is CCNC(=O)N1CCC[C@@H](c2cccc(C(=O)N[C@H](C)c3ccccc3)c2)C1. The normalized spacial score (nSPS) is 17.6. The van der Waals surface area contributed by atoms with E-state index in [-0.39, 0.29) is 23.9 Å². The Bertz CT molecular complexity index is 807. The van der Waals surface area contributed by atoms with Crippen molar-refractivity contribution >= 4 is 11.9 Å². The minimum atomic E-state index is -0.0744. The number of hydrogen-bond donors (Lipinski definition) is 2. The van der Waals surface area contributed by atoms with E-state index in [1.54, 1.807) is 0 Å². The first-order valence-electron chi connectivity index (χ1n) is 10.1. The molecule has 0 spiro atoms. The van der Waals surface area contributed by atoms with Gasteiger partial charge in [-0.3, -0.25) is 4.79 Å². The highest BCUT2D eigenvalue weighted by Gasteiger charge is 2.25. The fourth-order valence-corrected chi connectivity index (χ4v) is 3.74. The number of nitrogens with zero attached hydrogens (tertiary/aromatic N) is 1. The molecule has 0 saturated carbocycles. The Hall–Kier alpha value is -2.82. The molecule has 1 saturated heterocycles. The Kier molecular flexibility index (Phi) is 6.69. The fourth-order valence-electron chi connectivity index (χ4n) is 3.74. The van der Waals surface area contributed by atoms with Gasteiger partial charge in [0.05, 0.1) is 6.04 Å². The van der Waals surface area contributed by atoms with Crippen LogP contribution < -0.4 is 10.6 Å². The number of rotatable bonds is 5. The minimum absolute atomic E-state index is 0.00205. The van der Waals surface area contributed by atoms with Crippen LogP contribution in [0.3, 0.4) is 0 Å². The quantitative estimate of drug-likeness (QED) is 0.822. The molecule has 0 aliphatic carbocycles. The molecule has 1 aliphatic rings. The van der Waals surface area contributed by atoms with Gasteiger partial charge >= 0.3 is 6.03 Å². The summed E-state index contributed by atoms with van der Waals surface area (Å²) in [6.45, 7) is 6.03. The van der Waals surface area contributed by atoms with Gasteiger partial charge in [-0.15, -0.1) is 0 Å². The molecule has 3 rings (SSSR count). The van der Waals surface area contributed by atoms with E-state index in [0.29, 0.717) is 18.7 Å². The topological polar surface area (TPSA) is 61.4 Å². The van der Waals surface area contributed by atoms with Crippen molar-refractivity contribution in [2.75, 3.05) is 19.6 Å². The first-order valence-corrected chi connectivity index (χ1v) is 10.1. The van der Waals surface area contributed by atoms with Gasteiger partial charge in [0, 0.05) is 31.1 Å². The van der Waals surface area contributed by atoms with Crippen LogP contribution in [0.1, 0.15) is 60.1 Å². The van der Waals surface area contributed by atoms with Gasteiger partial charge < -0.3 is 15.5 Å². The first kappa shape index (κ1) is 19.9. The van der Waals surface area contributed by atoms with Crippen LogP contribution in [-0.4, -0.2) is 36.5 Å². The molecule has 2 N–H and O–H groups in total. The van der Waals surface area contributed by atoms with Gasteiger partial charge in [-0.05, 0) is 49.9 Å². The Morgan fingerprint density at radius 3 is 2.68 bits per heavy atom. The lowest BCUT2D eigenvalue weighted by Crippen LogP contribution is -2.44. The average Bonchev–Trinajstić information content (AvgIpc) is 2.74. The Balaban J connectivity index is 1.68. The number of carbonyl (C=O) groups is 2. The standard InChI is InChI=1S/C23H29N3O2/c1-3-24-23(28)26-14-8-13-21(16-26)19-11-7-12-20(15-19)22(27)25-17(2)18-9-5-4-6-10-18/h4-7,9-12,15,17,21H,3,8,13-14,16H2,1-2H3,(H,24,28)(H,25,27)/t17-,21-/m1/s1. The van der Waals surface area contributed by atoms with Gasteiger partial charge in [-0.2, -0.15) is 0 Å². The lowest BCUT2D eigenvalue weighted by atomic mass is 9.89. The van der Waals surface area contributed by atoms with Crippen molar-refractivity contribution in [3.8, 4) is 0 Å². The van der Waals surface area contributed by atoms with E-state index < -0.39 is 0 Å². The van der Waals surface area contributed by atoms with E-state index in [1.807, 2.05) is 67.3 Å². The number of hydrogen-bond acceptors (Lipinski definition) is 2. The smallest absolute Gasteiger partial charge is 0.317 e. The molecule has 3 amide bonds. The Morgan fingerprint density at radius 2 is 1.93 bits per heavy atom. The maximum Gasteiger partial charge on any atom is 0.317 e. The zero-order valence-corrected chi connectivity index (χ0v) is 16.7. The maximum atomic E-state index is 12.7. The summed E-state index contributed by atoms with van der Waals surface area (Å²) in [6, 6.07) is 17.7. The van der Waals surface area contributed by atoms with Crippen LogP contribution >= 0.6 is 0 Å². The molecule has 2 atom stereocenters. The van der Waals surface area contributed by atoms with Crippen LogP contribution in [0.4, 0.5) is 4.79 Å². The molecule has 1 heterocycles. The second-order valence-corrected chi connectivity index (χ2v) is 7.35. The number of urea groups is 1. The predicted molar refractivity (Wildman–Crippen MR) is 111 cm³/mol. The van der Waals surface area contributed by atoms with Gasteiger partial charge in [-0.25, -0.2) is 4.79 Å². The highest BCUT2D eigenvalue weighted by atomic mass is 16.2. The van der Waals surface area contributed by atoms with Crippen molar-refractivity contribution < 1.29 is 9.59 Å². The van der Waals surface area contributed by atoms with Crippen LogP contribution in [0.15, 0.2) is 54.6 Å². The summed E-state index contributed by atoms with van der Waals surface area (Å²) < 4.78 is 0. The van der Waals surface area contributed by atoms with Crippen LogP contribution in [0.2, 0.25) is 0 Å². The van der Waals surface area contributed by atoms with E-state index in [9.17, 15) is 9.59 Å². The Morgan fingerprint density at radius 1 is 1.14 bits per heavy atom. The van der Waals surface area contributed by atoms with E-state index in [1.165, 1.54) is 0 Å². The minimum Gasteiger partial charge on any atom is -0.346 e. The molecular formula is C23H29N3O2. The van der Waals surface area contributed by atoms with Crippen LogP contribution in [-0.2, 0) is 0 Å². The fraction of sp³-hybridized carbons (Fsp3) is 0.391. The van der Waals surface area contributed by atoms with Crippen molar-refractivity contribution in [2.45, 2.75) is 38.6 Å². The van der Waals surface area contributed by atoms with Gasteiger partial charge in [0.15, 0.2) is 0 Å². The molecule has 0 bridgehead atoms. The number of amides is 3. The van der Waals surface area contributed by atoms with E-state index in [4.69, 9.17) is 0 Å². The van der Waals surface area contributed by atoms with Crippen molar-refractivity contribution in [2.24, 2.45) is 0 Å². The van der Waals surface area contributed by atoms with Crippen LogP contribution in [0, 0.1) is 0 Å². The lowest BCUT2D eigenvalue weighted by Gasteiger charge is -2.33. The monoisotopic (exact) mass is 379 g/mol. The zero-order valence-electron chi connectivity index (χ0n) is 16.7. The second kappa shape index (κ2) is 9.40. The Labute approximate surface area is 167 Å². The lowest BCUT2D eigenvalue weighted by molar-refractivity contribution is 0.0939. The third-order valence-corrected chi connectivity index (χ3v) is 5.30. The first-order chi connectivity index (χ1) is 13.6. The predicted octanol–water partition coefficient (Wildman–Crippen LogP) is 4.09. The number of benzene rings is 2. The van der Waals surface area contributed by atoms with Crippen molar-refractivity contribution in [1.82, 2.24) is 15.5 Å². The van der Waals surface area contributed by atoms with Gasteiger partial charge in [0.25, 0.3) is 5.91 Å². The van der Waals surface area contributed by atoms with Gasteiger partial charge in [0.2, 0.25) is 0 Å². The highest BCUT2D eigenvalue weighted by Crippen LogP contribution is 2.27. The molecule has 1 fully saturated rings. The van der Waals surface area contributed by atoms with E-state index in [2.05, 4.69) is 16.7 Å². The third kappa shape index (κ3) is 4.91. The van der Waals surface area contributed by atoms with Crippen LogP contribution in [0.5, 0.6) is 0 Å². The van der Waals surface area contributed by atoms with Gasteiger partial charge in [0.1, 0.15) is 0 Å². The summed E-state index contributed by atoms with van der Waals surface area (Å²) in [5.41, 5.74) is 2.86. The number of likely N-dealkylation sites (tertiary alicyclic amines) is 1. The molecule has 0 aromatic heterocycles. The van der Waals surface area contributed by atoms with Crippen LogP contribution in [0.25, 0.3) is 0 Å². The molecule has 0 radical (unpaired) electrons. The largest absolute Gasteiger partial charge is 0.346 e. The summed E-state index contributed by atoms with van der Waals surface area (Å²) in [7, 11) is 0. The molecule has 0 unspecified atom stereocenters. The summed E-state index contributed by atoms with van der Waals surface area (Å²) in [5.74, 6) is 0.185. The molecule has 148 valence electrons. The molecule has 2 aromatic carbocycles. The summed E-state index contributed by atoms with van der Waals surface area (Å²) >= 11 is 0. The zero-order chi connectivity index (χ0) is 19.9. The van der Waals surface area contributed by atoms with E-state index in [0.717, 1.165) is 30.5 Å². The number of piperidine rings is 1. The summed E-state index contributed by atoms with van der Waals surface area (Å²) in [5, 5.41) is 5.95. The molecule has 5 nitrogen and oxygen atoms in total. The molecular weight excluding hydrogens is 350 g/mol. The van der Waals surface area contributed by atoms with Crippen molar-refractivity contribution in [1.29, 1.82) is 0 Å². The molecule has 2 aromatic rings. The maximum absolute atomic E-state index is 12.7. The number of nitrogens with one attached hydrogen (secondary N) is 2. The van der Waals surface area contributed by atoms with Gasteiger partial charge in [-0.1, -0.05) is 42.5 Å². The van der Waals surface area contributed by atoms with Crippen molar-refractivity contribution in [3.05, 3.63) is 71.3 Å². The highest BCUT2D eigenvalue weighted by molar-refractivity contribution is 5.94. The third-order valence-electron chi connectivity index (χ3n) is 5.30. The average molecular weight is 380 g/mol. The van der Waals surface area contributed by atoms with Crippen molar-refractivity contribution in [3.63, 3.8) is 0 Å². The molecule has 28 heavy (non-hydrogen) atoms. The van der Waals surface area contributed by atoms with E-state index >= 15 is 0 Å². The summed E-state index contributed by atoms with van der Waals surface area (Å²) in [4.78, 5) is 26.8.